The van der Waals surface area contributed by atoms with Crippen molar-refractivity contribution >= 4 is 17.7 Å². The summed E-state index contributed by atoms with van der Waals surface area (Å²) in [6.45, 7) is -0.0246. The molecule has 1 atom stereocenters. The smallest absolute Gasteiger partial charge is 0.269 e. The average molecular weight is 340 g/mol. The van der Waals surface area contributed by atoms with E-state index in [9.17, 15) is 20.0 Å². The molecule has 25 heavy (non-hydrogen) atoms. The van der Waals surface area contributed by atoms with Gasteiger partial charge in [-0.3, -0.25) is 14.9 Å². The van der Waals surface area contributed by atoms with E-state index in [1.54, 1.807) is 30.2 Å². The maximum absolute atomic E-state index is 12.4. The van der Waals surface area contributed by atoms with Crippen molar-refractivity contribution in [1.82, 2.24) is 4.90 Å². The van der Waals surface area contributed by atoms with Crippen molar-refractivity contribution < 1.29 is 14.8 Å². The Labute approximate surface area is 146 Å². The fraction of sp³-hybridized carbons (Fsp3) is 0.211. The molecule has 0 aromatic heterocycles. The second kappa shape index (κ2) is 8.75. The van der Waals surface area contributed by atoms with Crippen molar-refractivity contribution in [3.8, 4) is 0 Å². The number of non-ortho nitro benzene ring substituents is 1. The Morgan fingerprint density at radius 3 is 2.40 bits per heavy atom. The maximum Gasteiger partial charge on any atom is 0.269 e. The number of aliphatic hydroxyl groups is 1. The zero-order valence-electron chi connectivity index (χ0n) is 13.9. The normalized spacial score (nSPS) is 12.1. The SMILES string of the molecule is CN(C(=O)/C=C/c1ccc([N+](=O)[O-])cc1)C(CCO)c1ccccc1. The van der Waals surface area contributed by atoms with Gasteiger partial charge in [-0.05, 0) is 35.8 Å². The van der Waals surface area contributed by atoms with Gasteiger partial charge in [-0.15, -0.1) is 0 Å². The highest BCUT2D eigenvalue weighted by Crippen LogP contribution is 2.23. The number of aliphatic hydroxyl groups excluding tert-OH is 1. The molecular weight excluding hydrogens is 320 g/mol. The van der Waals surface area contributed by atoms with Crippen molar-refractivity contribution in [2.45, 2.75) is 12.5 Å². The lowest BCUT2D eigenvalue weighted by Crippen LogP contribution is -2.30. The first-order chi connectivity index (χ1) is 12.0. The van der Waals surface area contributed by atoms with E-state index >= 15 is 0 Å². The molecule has 2 rings (SSSR count). The summed E-state index contributed by atoms with van der Waals surface area (Å²) < 4.78 is 0. The van der Waals surface area contributed by atoms with E-state index in [2.05, 4.69) is 0 Å². The molecule has 130 valence electrons. The number of nitro benzene ring substituents is 1. The van der Waals surface area contributed by atoms with E-state index in [0.29, 0.717) is 12.0 Å². The molecule has 2 aromatic carbocycles. The summed E-state index contributed by atoms with van der Waals surface area (Å²) in [6, 6.07) is 15.3. The number of hydrogen-bond donors (Lipinski definition) is 1. The molecule has 0 heterocycles. The summed E-state index contributed by atoms with van der Waals surface area (Å²) >= 11 is 0. The molecule has 0 aliphatic carbocycles. The first-order valence-corrected chi connectivity index (χ1v) is 7.88. The Kier molecular flexibility index (Phi) is 6.42. The molecule has 0 bridgehead atoms. The van der Waals surface area contributed by atoms with Crippen LogP contribution in [0, 0.1) is 10.1 Å². The highest BCUT2D eigenvalue weighted by Gasteiger charge is 2.19. The lowest BCUT2D eigenvalue weighted by Gasteiger charge is -2.27. The van der Waals surface area contributed by atoms with Gasteiger partial charge < -0.3 is 10.0 Å². The summed E-state index contributed by atoms with van der Waals surface area (Å²) in [5.41, 5.74) is 1.66. The third-order valence-electron chi connectivity index (χ3n) is 3.92. The summed E-state index contributed by atoms with van der Waals surface area (Å²) in [4.78, 5) is 24.2. The van der Waals surface area contributed by atoms with E-state index in [-0.39, 0.29) is 24.2 Å². The minimum absolute atomic E-state index is 0.00711. The zero-order valence-corrected chi connectivity index (χ0v) is 13.9. The fourth-order valence-corrected chi connectivity index (χ4v) is 2.53. The second-order valence-corrected chi connectivity index (χ2v) is 5.57. The average Bonchev–Trinajstić information content (AvgIpc) is 2.64. The van der Waals surface area contributed by atoms with Gasteiger partial charge in [0.05, 0.1) is 11.0 Å². The van der Waals surface area contributed by atoms with Crippen molar-refractivity contribution in [3.05, 3.63) is 81.9 Å². The molecule has 0 aliphatic heterocycles. The summed E-state index contributed by atoms with van der Waals surface area (Å²) in [5.74, 6) is -0.208. The van der Waals surface area contributed by atoms with Crippen LogP contribution >= 0.6 is 0 Å². The molecule has 0 aliphatic rings. The number of nitro groups is 1. The summed E-state index contributed by atoms with van der Waals surface area (Å²) in [7, 11) is 1.69. The Hall–Kier alpha value is -2.99. The van der Waals surface area contributed by atoms with Crippen LogP contribution in [0.3, 0.4) is 0 Å². The highest BCUT2D eigenvalue weighted by molar-refractivity contribution is 5.91. The molecule has 2 aromatic rings. The van der Waals surface area contributed by atoms with Crippen LogP contribution in [0.15, 0.2) is 60.7 Å². The highest BCUT2D eigenvalue weighted by atomic mass is 16.6. The Bertz CT molecular complexity index is 742. The van der Waals surface area contributed by atoms with Gasteiger partial charge in [0.25, 0.3) is 5.69 Å². The third-order valence-corrected chi connectivity index (χ3v) is 3.92. The van der Waals surface area contributed by atoms with Crippen LogP contribution in [-0.2, 0) is 4.79 Å². The van der Waals surface area contributed by atoms with Gasteiger partial charge >= 0.3 is 0 Å². The molecule has 0 fully saturated rings. The number of hydrogen-bond acceptors (Lipinski definition) is 4. The molecule has 0 saturated carbocycles. The summed E-state index contributed by atoms with van der Waals surface area (Å²) in [5, 5.41) is 19.9. The van der Waals surface area contributed by atoms with Crippen molar-refractivity contribution in [2.75, 3.05) is 13.7 Å². The largest absolute Gasteiger partial charge is 0.396 e. The van der Waals surface area contributed by atoms with Gasteiger partial charge in [0, 0.05) is 31.9 Å². The number of rotatable bonds is 7. The maximum atomic E-state index is 12.4. The predicted molar refractivity (Wildman–Crippen MR) is 95.8 cm³/mol. The quantitative estimate of drug-likeness (QED) is 0.477. The summed E-state index contributed by atoms with van der Waals surface area (Å²) in [6.07, 6.45) is 3.48. The first kappa shape index (κ1) is 18.4. The molecule has 6 nitrogen and oxygen atoms in total. The third kappa shape index (κ3) is 4.99. The Balaban J connectivity index is 2.10. The molecule has 0 spiro atoms. The van der Waals surface area contributed by atoms with E-state index in [4.69, 9.17) is 0 Å². The van der Waals surface area contributed by atoms with Crippen LogP contribution in [-0.4, -0.2) is 34.5 Å². The number of benzene rings is 2. The van der Waals surface area contributed by atoms with Gasteiger partial charge in [0.15, 0.2) is 0 Å². The Morgan fingerprint density at radius 2 is 1.84 bits per heavy atom. The van der Waals surface area contributed by atoms with Gasteiger partial charge in [-0.1, -0.05) is 30.3 Å². The van der Waals surface area contributed by atoms with Gasteiger partial charge in [-0.2, -0.15) is 0 Å². The number of carbonyl (C=O) groups is 1. The molecular formula is C19H20N2O4. The van der Waals surface area contributed by atoms with Crippen LogP contribution < -0.4 is 0 Å². The van der Waals surface area contributed by atoms with Gasteiger partial charge in [0.2, 0.25) is 5.91 Å². The monoisotopic (exact) mass is 340 g/mol. The zero-order chi connectivity index (χ0) is 18.2. The first-order valence-electron chi connectivity index (χ1n) is 7.88. The number of carbonyl (C=O) groups excluding carboxylic acids is 1. The standard InChI is InChI=1S/C19H20N2O4/c1-20(18(13-14-22)16-5-3-2-4-6-16)19(23)12-9-15-7-10-17(11-8-15)21(24)25/h2-12,18,22H,13-14H2,1H3/b12-9+. The van der Waals surface area contributed by atoms with Crippen molar-refractivity contribution in [1.29, 1.82) is 0 Å². The molecule has 1 unspecified atom stereocenters. The fourth-order valence-electron chi connectivity index (χ4n) is 2.53. The Morgan fingerprint density at radius 1 is 1.20 bits per heavy atom. The topological polar surface area (TPSA) is 83.7 Å². The molecule has 0 radical (unpaired) electrons. The van der Waals surface area contributed by atoms with Crippen LogP contribution in [0.4, 0.5) is 5.69 Å². The van der Waals surface area contributed by atoms with E-state index in [1.807, 2.05) is 30.3 Å². The number of likely N-dealkylation sites (N-methyl/N-ethyl adjacent to an activating group) is 1. The minimum atomic E-state index is -0.466. The number of amides is 1. The second-order valence-electron chi connectivity index (χ2n) is 5.57. The number of nitrogens with zero attached hydrogens (tertiary/aromatic N) is 2. The van der Waals surface area contributed by atoms with Crippen LogP contribution in [0.25, 0.3) is 6.08 Å². The van der Waals surface area contributed by atoms with Crippen molar-refractivity contribution in [3.63, 3.8) is 0 Å². The van der Waals surface area contributed by atoms with E-state index in [0.717, 1.165) is 5.56 Å². The van der Waals surface area contributed by atoms with Crippen LogP contribution in [0.1, 0.15) is 23.6 Å². The lowest BCUT2D eigenvalue weighted by molar-refractivity contribution is -0.384. The van der Waals surface area contributed by atoms with Crippen LogP contribution in [0.2, 0.25) is 0 Å². The van der Waals surface area contributed by atoms with E-state index in [1.165, 1.54) is 18.2 Å². The molecule has 6 heteroatoms. The predicted octanol–water partition coefficient (Wildman–Crippen LogP) is 3.19. The van der Waals surface area contributed by atoms with E-state index < -0.39 is 4.92 Å². The van der Waals surface area contributed by atoms with Crippen molar-refractivity contribution in [2.24, 2.45) is 0 Å². The minimum Gasteiger partial charge on any atom is -0.396 e. The lowest BCUT2D eigenvalue weighted by atomic mass is 10.0. The molecule has 1 N–H and O–H groups in total. The molecule has 0 saturated heterocycles. The molecule has 1 amide bonds. The van der Waals surface area contributed by atoms with Crippen LogP contribution in [0.5, 0.6) is 0 Å². The van der Waals surface area contributed by atoms with Gasteiger partial charge in [0.1, 0.15) is 0 Å². The van der Waals surface area contributed by atoms with Gasteiger partial charge in [-0.25, -0.2) is 0 Å².